The van der Waals surface area contributed by atoms with E-state index in [0.717, 1.165) is 32.9 Å². The Labute approximate surface area is 292 Å². The van der Waals surface area contributed by atoms with E-state index in [1.807, 2.05) is 0 Å². The Morgan fingerprint density at radius 1 is 0.294 bits per heavy atom. The Morgan fingerprint density at radius 2 is 0.882 bits per heavy atom. The van der Waals surface area contributed by atoms with Crippen molar-refractivity contribution in [3.8, 4) is 22.3 Å². The number of fused-ring (bicyclic) bond motifs is 9. The minimum absolute atomic E-state index is 0.904. The van der Waals surface area contributed by atoms with Crippen LogP contribution in [0, 0.1) is 0 Å². The highest BCUT2D eigenvalue weighted by molar-refractivity contribution is 6.29. The first kappa shape index (κ1) is 27.2. The zero-order valence-electron chi connectivity index (χ0n) is 27.6. The van der Waals surface area contributed by atoms with Gasteiger partial charge >= 0.3 is 0 Å². The van der Waals surface area contributed by atoms with Gasteiger partial charge in [-0.2, -0.15) is 0 Å². The standard InChI is InChI=1S/C50H28O/c1-4-13-36-29(8-1)18-23-41-43(36)26-34-10-3-5-14-37(34)47(41)35-27-44(49-42-25-19-30-9-2-6-15-38(30)50(42)51-45(49)28-35)39-22-20-33-17-16-31-11-7-12-32-21-24-40(39)48(33)46(31)32/h1-28H. The van der Waals surface area contributed by atoms with Crippen molar-refractivity contribution in [1.29, 1.82) is 0 Å². The van der Waals surface area contributed by atoms with Crippen molar-refractivity contribution >= 4 is 97.3 Å². The van der Waals surface area contributed by atoms with E-state index in [0.29, 0.717) is 0 Å². The molecule has 1 aromatic heterocycles. The third kappa shape index (κ3) is 3.70. The molecule has 1 heteroatoms. The molecule has 0 bridgehead atoms. The molecule has 12 rings (SSSR count). The van der Waals surface area contributed by atoms with Crippen molar-refractivity contribution in [3.05, 3.63) is 170 Å². The van der Waals surface area contributed by atoms with Gasteiger partial charge in [-0.05, 0) is 117 Å². The Morgan fingerprint density at radius 3 is 1.71 bits per heavy atom. The zero-order valence-corrected chi connectivity index (χ0v) is 27.6. The SMILES string of the molecule is c1ccc2c(-c3cc(-c4ccc5ccc6cccc7ccc4c5c67)c4c(c3)oc3c5ccccc5ccc34)c3ccc4ccccc4c3cc2c1. The van der Waals surface area contributed by atoms with Gasteiger partial charge in [0.2, 0.25) is 0 Å². The molecule has 1 heterocycles. The summed E-state index contributed by atoms with van der Waals surface area (Å²) in [5.41, 5.74) is 6.65. The fourth-order valence-corrected chi connectivity index (χ4v) is 9.09. The summed E-state index contributed by atoms with van der Waals surface area (Å²) in [7, 11) is 0. The van der Waals surface area contributed by atoms with Gasteiger partial charge in [0.1, 0.15) is 11.2 Å². The first-order valence-electron chi connectivity index (χ1n) is 17.7. The molecule has 0 aliphatic heterocycles. The molecular formula is C50H28O. The summed E-state index contributed by atoms with van der Waals surface area (Å²) in [5.74, 6) is 0. The quantitative estimate of drug-likeness (QED) is 0.135. The molecule has 1 nitrogen and oxygen atoms in total. The van der Waals surface area contributed by atoms with Crippen LogP contribution in [0.15, 0.2) is 174 Å². The van der Waals surface area contributed by atoms with Crippen molar-refractivity contribution in [2.75, 3.05) is 0 Å². The molecule has 0 saturated heterocycles. The maximum absolute atomic E-state index is 7.01. The molecule has 0 aliphatic carbocycles. The van der Waals surface area contributed by atoms with E-state index in [1.165, 1.54) is 86.7 Å². The third-order valence-corrected chi connectivity index (χ3v) is 11.3. The third-order valence-electron chi connectivity index (χ3n) is 11.3. The van der Waals surface area contributed by atoms with Crippen LogP contribution in [0.3, 0.4) is 0 Å². The molecule has 0 fully saturated rings. The van der Waals surface area contributed by atoms with Crippen LogP contribution in [-0.4, -0.2) is 0 Å². The Bertz CT molecular complexity index is 3400. The largest absolute Gasteiger partial charge is 0.455 e. The van der Waals surface area contributed by atoms with Crippen LogP contribution in [-0.2, 0) is 0 Å². The highest BCUT2D eigenvalue weighted by Gasteiger charge is 2.21. The lowest BCUT2D eigenvalue weighted by Crippen LogP contribution is -1.91. The topological polar surface area (TPSA) is 13.1 Å². The average molecular weight is 645 g/mol. The Kier molecular flexibility index (Phi) is 5.29. The number of furan rings is 1. The van der Waals surface area contributed by atoms with Crippen LogP contribution in [0.5, 0.6) is 0 Å². The molecule has 0 N–H and O–H groups in total. The van der Waals surface area contributed by atoms with Crippen LogP contribution in [0.4, 0.5) is 0 Å². The monoisotopic (exact) mass is 644 g/mol. The van der Waals surface area contributed by atoms with Gasteiger partial charge in [0, 0.05) is 16.2 Å². The fraction of sp³-hybridized carbons (Fsp3) is 0. The van der Waals surface area contributed by atoms with E-state index < -0.39 is 0 Å². The molecule has 0 aliphatic rings. The lowest BCUT2D eigenvalue weighted by atomic mass is 9.85. The average Bonchev–Trinajstić information content (AvgIpc) is 3.58. The van der Waals surface area contributed by atoms with E-state index in [2.05, 4.69) is 170 Å². The predicted octanol–water partition coefficient (Wildman–Crippen LogP) is 14.4. The van der Waals surface area contributed by atoms with Crippen LogP contribution in [0.25, 0.3) is 120 Å². The highest BCUT2D eigenvalue weighted by Crippen LogP contribution is 2.48. The number of hydrogen-bond donors (Lipinski definition) is 0. The fourth-order valence-electron chi connectivity index (χ4n) is 9.09. The van der Waals surface area contributed by atoms with E-state index in [-0.39, 0.29) is 0 Å². The second kappa shape index (κ2) is 9.94. The summed E-state index contributed by atoms with van der Waals surface area (Å²) < 4.78 is 7.01. The van der Waals surface area contributed by atoms with Crippen molar-refractivity contribution in [1.82, 2.24) is 0 Å². The number of benzene rings is 11. The van der Waals surface area contributed by atoms with Gasteiger partial charge < -0.3 is 4.42 Å². The summed E-state index contributed by atoms with van der Waals surface area (Å²) in [5, 5.41) is 19.8. The lowest BCUT2D eigenvalue weighted by Gasteiger charge is -2.17. The minimum atomic E-state index is 0.904. The summed E-state index contributed by atoms with van der Waals surface area (Å²) in [6.45, 7) is 0. The molecule has 0 amide bonds. The van der Waals surface area contributed by atoms with Crippen LogP contribution in [0.2, 0.25) is 0 Å². The molecule has 0 unspecified atom stereocenters. The van der Waals surface area contributed by atoms with Gasteiger partial charge in [0.15, 0.2) is 0 Å². The summed E-state index contributed by atoms with van der Waals surface area (Å²) in [6.07, 6.45) is 0. The smallest absolute Gasteiger partial charge is 0.143 e. The minimum Gasteiger partial charge on any atom is -0.455 e. The number of hydrogen-bond acceptors (Lipinski definition) is 1. The van der Waals surface area contributed by atoms with E-state index in [1.54, 1.807) is 0 Å². The lowest BCUT2D eigenvalue weighted by molar-refractivity contribution is 0.673. The Balaban J connectivity index is 1.27. The van der Waals surface area contributed by atoms with Crippen molar-refractivity contribution in [2.24, 2.45) is 0 Å². The molecule has 0 atom stereocenters. The van der Waals surface area contributed by atoms with E-state index in [4.69, 9.17) is 4.42 Å². The number of rotatable bonds is 2. The van der Waals surface area contributed by atoms with Crippen LogP contribution in [0.1, 0.15) is 0 Å². The second-order valence-corrected chi connectivity index (χ2v) is 14.0. The molecule has 0 saturated carbocycles. The predicted molar refractivity (Wildman–Crippen MR) is 218 cm³/mol. The second-order valence-electron chi connectivity index (χ2n) is 14.0. The molecule has 0 radical (unpaired) electrons. The molecule has 12 aromatic rings. The maximum Gasteiger partial charge on any atom is 0.143 e. The first-order chi connectivity index (χ1) is 25.3. The van der Waals surface area contributed by atoms with Gasteiger partial charge in [-0.1, -0.05) is 146 Å². The highest BCUT2D eigenvalue weighted by atomic mass is 16.3. The van der Waals surface area contributed by atoms with E-state index >= 15 is 0 Å². The van der Waals surface area contributed by atoms with Crippen molar-refractivity contribution in [3.63, 3.8) is 0 Å². The van der Waals surface area contributed by atoms with Gasteiger partial charge in [0.25, 0.3) is 0 Å². The molecule has 11 aromatic carbocycles. The van der Waals surface area contributed by atoms with Gasteiger partial charge in [-0.15, -0.1) is 0 Å². The molecule has 0 spiro atoms. The van der Waals surface area contributed by atoms with Gasteiger partial charge in [-0.25, -0.2) is 0 Å². The molecular weight excluding hydrogens is 617 g/mol. The first-order valence-corrected chi connectivity index (χ1v) is 17.7. The van der Waals surface area contributed by atoms with Crippen LogP contribution < -0.4 is 0 Å². The molecule has 51 heavy (non-hydrogen) atoms. The normalized spacial score (nSPS) is 12.3. The van der Waals surface area contributed by atoms with Crippen LogP contribution >= 0.6 is 0 Å². The summed E-state index contributed by atoms with van der Waals surface area (Å²) in [6, 6.07) is 62.7. The zero-order chi connectivity index (χ0) is 33.2. The Hall–Kier alpha value is -6.70. The summed E-state index contributed by atoms with van der Waals surface area (Å²) in [4.78, 5) is 0. The van der Waals surface area contributed by atoms with Gasteiger partial charge in [-0.3, -0.25) is 0 Å². The van der Waals surface area contributed by atoms with Crippen molar-refractivity contribution in [2.45, 2.75) is 0 Å². The summed E-state index contributed by atoms with van der Waals surface area (Å²) >= 11 is 0. The van der Waals surface area contributed by atoms with E-state index in [9.17, 15) is 0 Å². The van der Waals surface area contributed by atoms with Crippen molar-refractivity contribution < 1.29 is 4.42 Å². The van der Waals surface area contributed by atoms with Gasteiger partial charge in [0.05, 0.1) is 0 Å². The maximum atomic E-state index is 7.01. The molecule has 234 valence electrons.